The molecule has 2 N–H and O–H groups in total. The molecule has 2 aromatic rings. The van der Waals surface area contributed by atoms with Crippen molar-refractivity contribution in [2.45, 2.75) is 56.3 Å². The number of methoxy groups -OCH3 is 1. The highest BCUT2D eigenvalue weighted by Crippen LogP contribution is 2.45. The Balaban J connectivity index is 1.49. The highest BCUT2D eigenvalue weighted by Gasteiger charge is 2.49. The third-order valence-electron chi connectivity index (χ3n) is 8.52. The van der Waals surface area contributed by atoms with Gasteiger partial charge in [0.2, 0.25) is 6.43 Å². The molecule has 3 amide bonds. The van der Waals surface area contributed by atoms with Gasteiger partial charge >= 0.3 is 12.2 Å². The molecular weight excluding hydrogens is 615 g/mol. The van der Waals surface area contributed by atoms with E-state index in [9.17, 15) is 31.5 Å². The zero-order valence-electron chi connectivity index (χ0n) is 24.2. The van der Waals surface area contributed by atoms with Gasteiger partial charge in [-0.05, 0) is 31.7 Å². The van der Waals surface area contributed by atoms with Gasteiger partial charge in [0.05, 0.1) is 26.0 Å². The van der Waals surface area contributed by atoms with E-state index in [1.165, 1.54) is 18.1 Å². The predicted molar refractivity (Wildman–Crippen MR) is 147 cm³/mol. The fourth-order valence-corrected chi connectivity index (χ4v) is 6.25. The molecule has 16 heteroatoms. The van der Waals surface area contributed by atoms with Gasteiger partial charge in [-0.1, -0.05) is 0 Å². The van der Waals surface area contributed by atoms with E-state index < -0.39 is 83.6 Å². The molecular formula is C29H32F7N5O4. The zero-order valence-corrected chi connectivity index (χ0v) is 24.2. The summed E-state index contributed by atoms with van der Waals surface area (Å²) in [7, 11) is 1.18. The maximum atomic E-state index is 15.3. The molecule has 3 heterocycles. The van der Waals surface area contributed by atoms with Crippen LogP contribution in [-0.2, 0) is 15.7 Å². The molecule has 1 unspecified atom stereocenters. The zero-order chi connectivity index (χ0) is 32.5. The molecule has 1 aromatic carbocycles. The molecule has 3 fully saturated rings. The first kappa shape index (κ1) is 32.6. The average Bonchev–Trinajstić information content (AvgIpc) is 3.31. The van der Waals surface area contributed by atoms with Crippen LogP contribution in [0.2, 0.25) is 0 Å². The summed E-state index contributed by atoms with van der Waals surface area (Å²) in [6.07, 6.45) is -5.56. The molecule has 3 aliphatic rings. The number of hydrogen-bond donors (Lipinski definition) is 2. The Hall–Kier alpha value is -3.82. The van der Waals surface area contributed by atoms with Crippen molar-refractivity contribution in [3.8, 4) is 5.75 Å². The minimum absolute atomic E-state index is 0.148. The molecule has 45 heavy (non-hydrogen) atoms. The van der Waals surface area contributed by atoms with Gasteiger partial charge in [0.25, 0.3) is 5.91 Å². The van der Waals surface area contributed by atoms with Crippen LogP contribution in [-0.4, -0.2) is 75.4 Å². The minimum Gasteiger partial charge on any atom is -0.497 e. The second-order valence-corrected chi connectivity index (χ2v) is 11.2. The van der Waals surface area contributed by atoms with Crippen molar-refractivity contribution < 1.29 is 49.8 Å². The third kappa shape index (κ3) is 6.89. The number of pyridine rings is 1. The van der Waals surface area contributed by atoms with Gasteiger partial charge in [-0.3, -0.25) is 9.69 Å². The number of anilines is 2. The summed E-state index contributed by atoms with van der Waals surface area (Å²) in [5.41, 5.74) is -2.08. The third-order valence-corrected chi connectivity index (χ3v) is 8.52. The van der Waals surface area contributed by atoms with Crippen molar-refractivity contribution in [3.63, 3.8) is 0 Å². The largest absolute Gasteiger partial charge is 0.497 e. The maximum Gasteiger partial charge on any atom is 0.421 e. The standard InChI is InChI=1S/C29H32F7N5O4/c1-44-17-12-19(30)22(20(31)13-17)18-14-41(26-23(29(34,35)36)21(6-7-37-26)40-8-10-45-11-9-40)27(42)24(18)39-28(43)38-16-4-2-15(3-5-16)25(32)33/h6-7,12-13,15-16,18,24-25H,2-5,8-11,14H2,1H3,(H2,38,39,43)/t15?,16?,18-,24?/m0/s1. The van der Waals surface area contributed by atoms with E-state index in [0.717, 1.165) is 18.3 Å². The molecule has 1 saturated carbocycles. The van der Waals surface area contributed by atoms with Crippen LogP contribution in [0.25, 0.3) is 0 Å². The first-order valence-electron chi connectivity index (χ1n) is 14.5. The number of benzene rings is 1. The van der Waals surface area contributed by atoms with Crippen molar-refractivity contribution in [2.24, 2.45) is 5.92 Å². The molecule has 1 aromatic heterocycles. The van der Waals surface area contributed by atoms with Gasteiger partial charge in [-0.2, -0.15) is 13.2 Å². The molecule has 9 nitrogen and oxygen atoms in total. The number of nitrogens with one attached hydrogen (secondary N) is 2. The molecule has 2 aliphatic heterocycles. The van der Waals surface area contributed by atoms with Crippen LogP contribution in [0.1, 0.15) is 42.7 Å². The highest BCUT2D eigenvalue weighted by atomic mass is 19.4. The number of nitrogens with zero attached hydrogens (tertiary/aromatic N) is 3. The van der Waals surface area contributed by atoms with Crippen LogP contribution in [0.3, 0.4) is 0 Å². The van der Waals surface area contributed by atoms with Crippen LogP contribution in [0.15, 0.2) is 24.4 Å². The quantitative estimate of drug-likeness (QED) is 0.418. The van der Waals surface area contributed by atoms with Gasteiger partial charge in [0.15, 0.2) is 0 Å². The number of rotatable bonds is 7. The number of carbonyl (C=O) groups is 2. The normalized spacial score (nSPS) is 24.2. The number of halogens is 7. The fourth-order valence-electron chi connectivity index (χ4n) is 6.25. The number of ether oxygens (including phenoxy) is 2. The van der Waals surface area contributed by atoms with Crippen LogP contribution in [0, 0.1) is 17.6 Å². The Morgan fingerprint density at radius 3 is 2.29 bits per heavy atom. The lowest BCUT2D eigenvalue weighted by Crippen LogP contribution is -2.51. The van der Waals surface area contributed by atoms with E-state index in [-0.39, 0.29) is 63.4 Å². The lowest BCUT2D eigenvalue weighted by atomic mass is 9.86. The van der Waals surface area contributed by atoms with Crippen LogP contribution < -0.4 is 25.2 Å². The number of carbonyl (C=O) groups excluding carboxylic acids is 2. The van der Waals surface area contributed by atoms with E-state index >= 15 is 8.78 Å². The highest BCUT2D eigenvalue weighted by molar-refractivity contribution is 6.03. The molecule has 0 bridgehead atoms. The summed E-state index contributed by atoms with van der Waals surface area (Å²) in [6.45, 7) is 0.0111. The van der Waals surface area contributed by atoms with Crippen LogP contribution in [0.5, 0.6) is 5.75 Å². The van der Waals surface area contributed by atoms with E-state index in [2.05, 4.69) is 15.6 Å². The van der Waals surface area contributed by atoms with E-state index in [1.54, 1.807) is 0 Å². The van der Waals surface area contributed by atoms with E-state index in [4.69, 9.17) is 9.47 Å². The summed E-state index contributed by atoms with van der Waals surface area (Å²) in [5, 5.41) is 4.99. The number of hydrogen-bond acceptors (Lipinski definition) is 6. The maximum absolute atomic E-state index is 15.3. The van der Waals surface area contributed by atoms with Gasteiger partial charge in [-0.15, -0.1) is 0 Å². The van der Waals surface area contributed by atoms with Crippen molar-refractivity contribution >= 4 is 23.4 Å². The second-order valence-electron chi connectivity index (χ2n) is 11.2. The molecule has 1 aliphatic carbocycles. The fraction of sp³-hybridized carbons (Fsp3) is 0.552. The number of urea groups is 1. The molecule has 246 valence electrons. The SMILES string of the molecule is COc1cc(F)c([C@@H]2CN(c3nccc(N4CCOCC4)c3C(F)(F)F)C(=O)C2NC(=O)NC2CCC(C(F)F)CC2)c(F)c1. The monoisotopic (exact) mass is 647 g/mol. The minimum atomic E-state index is -4.98. The van der Waals surface area contributed by atoms with Gasteiger partial charge in [0, 0.05) is 61.4 Å². The summed E-state index contributed by atoms with van der Waals surface area (Å²) >= 11 is 0. The first-order valence-corrected chi connectivity index (χ1v) is 14.5. The van der Waals surface area contributed by atoms with Gasteiger partial charge < -0.3 is 25.0 Å². The Kier molecular flexibility index (Phi) is 9.60. The summed E-state index contributed by atoms with van der Waals surface area (Å²) in [6, 6.07) is -0.240. The van der Waals surface area contributed by atoms with Crippen molar-refractivity contribution in [3.05, 3.63) is 47.2 Å². The summed E-state index contributed by atoms with van der Waals surface area (Å²) in [4.78, 5) is 32.9. The molecule has 0 radical (unpaired) electrons. The average molecular weight is 648 g/mol. The van der Waals surface area contributed by atoms with E-state index in [1.807, 2.05) is 0 Å². The van der Waals surface area contributed by atoms with Gasteiger partial charge in [-0.25, -0.2) is 27.3 Å². The first-order chi connectivity index (χ1) is 21.4. The summed E-state index contributed by atoms with van der Waals surface area (Å²) in [5.74, 6) is -6.54. The number of amides is 3. The Morgan fingerprint density at radius 1 is 1.07 bits per heavy atom. The van der Waals surface area contributed by atoms with Crippen molar-refractivity contribution in [2.75, 3.05) is 49.8 Å². The Morgan fingerprint density at radius 2 is 1.71 bits per heavy atom. The lowest BCUT2D eigenvalue weighted by Gasteiger charge is -2.32. The Labute approximate surface area is 254 Å². The van der Waals surface area contributed by atoms with Crippen LogP contribution in [0.4, 0.5) is 47.0 Å². The smallest absolute Gasteiger partial charge is 0.421 e. The molecule has 2 atom stereocenters. The lowest BCUT2D eigenvalue weighted by molar-refractivity contribution is -0.137. The summed E-state index contributed by atoms with van der Waals surface area (Å²) < 4.78 is 111. The number of morpholine rings is 1. The number of aromatic nitrogens is 1. The van der Waals surface area contributed by atoms with Crippen LogP contribution >= 0.6 is 0 Å². The van der Waals surface area contributed by atoms with Crippen molar-refractivity contribution in [1.29, 1.82) is 0 Å². The Bertz CT molecular complexity index is 1370. The second kappa shape index (κ2) is 13.3. The molecule has 5 rings (SSSR count). The van der Waals surface area contributed by atoms with E-state index in [0.29, 0.717) is 4.90 Å². The topological polar surface area (TPSA) is 96.0 Å². The van der Waals surface area contributed by atoms with Gasteiger partial charge in [0.1, 0.15) is 34.8 Å². The molecule has 0 spiro atoms. The van der Waals surface area contributed by atoms with Crippen molar-refractivity contribution in [1.82, 2.24) is 15.6 Å². The molecule has 2 saturated heterocycles. The number of alkyl halides is 5. The predicted octanol–water partition coefficient (Wildman–Crippen LogP) is 4.85.